The topological polar surface area (TPSA) is 121 Å². The van der Waals surface area contributed by atoms with E-state index in [2.05, 4.69) is 25.7 Å². The van der Waals surface area contributed by atoms with Crippen molar-refractivity contribution in [1.29, 1.82) is 0 Å². The number of aromatic amines is 1. The minimum atomic E-state index is -3.61. The van der Waals surface area contributed by atoms with Gasteiger partial charge in [0.2, 0.25) is 10.0 Å². The number of carbonyl (C=O) groups is 1. The highest BCUT2D eigenvalue weighted by atomic mass is 35.5. The molecule has 1 saturated heterocycles. The predicted octanol–water partition coefficient (Wildman–Crippen LogP) is 4.20. The summed E-state index contributed by atoms with van der Waals surface area (Å²) in [5, 5.41) is 16.4. The summed E-state index contributed by atoms with van der Waals surface area (Å²) in [4.78, 5) is 17.4. The van der Waals surface area contributed by atoms with Gasteiger partial charge in [-0.05, 0) is 55.7 Å². The van der Waals surface area contributed by atoms with Gasteiger partial charge >= 0.3 is 0 Å². The van der Waals surface area contributed by atoms with Gasteiger partial charge in [0, 0.05) is 35.1 Å². The highest BCUT2D eigenvalue weighted by Crippen LogP contribution is 2.33. The summed E-state index contributed by atoms with van der Waals surface area (Å²) in [7, 11) is -3.61. The standard InChI is InChI=1S/C22H21ClN6O3S2/c1-13-2-4-16(11-17(13)23)34(31,32)29-8-6-14(7-9-29)22-25-20(12-33-22)21(30)24-15-3-5-18-19(10-15)27-28-26-18/h2-5,10-12,14H,6-9H2,1H3,(H,24,30)(H,26,27,28). The van der Waals surface area contributed by atoms with Crippen molar-refractivity contribution in [3.63, 3.8) is 0 Å². The average Bonchev–Trinajstić information content (AvgIpc) is 3.50. The number of halogens is 1. The first-order chi connectivity index (χ1) is 16.3. The number of aryl methyl sites for hydroxylation is 1. The molecule has 5 rings (SSSR count). The summed E-state index contributed by atoms with van der Waals surface area (Å²) in [5.74, 6) is -0.201. The van der Waals surface area contributed by atoms with Gasteiger partial charge < -0.3 is 5.32 Å². The summed E-state index contributed by atoms with van der Waals surface area (Å²) in [6.45, 7) is 2.61. The molecule has 176 valence electrons. The molecule has 0 bridgehead atoms. The van der Waals surface area contributed by atoms with Gasteiger partial charge in [0.05, 0.1) is 9.90 Å². The number of fused-ring (bicyclic) bond motifs is 1. The van der Waals surface area contributed by atoms with Crippen LogP contribution in [0.5, 0.6) is 0 Å². The number of benzene rings is 2. The lowest BCUT2D eigenvalue weighted by Gasteiger charge is -2.30. The van der Waals surface area contributed by atoms with Crippen LogP contribution < -0.4 is 5.32 Å². The van der Waals surface area contributed by atoms with Crippen LogP contribution in [0.1, 0.15) is 39.8 Å². The van der Waals surface area contributed by atoms with E-state index in [9.17, 15) is 13.2 Å². The van der Waals surface area contributed by atoms with E-state index >= 15 is 0 Å². The van der Waals surface area contributed by atoms with Crippen LogP contribution in [0, 0.1) is 6.92 Å². The molecule has 9 nitrogen and oxygen atoms in total. The summed E-state index contributed by atoms with van der Waals surface area (Å²) in [5.41, 5.74) is 3.15. The van der Waals surface area contributed by atoms with Crippen LogP contribution in [0.4, 0.5) is 5.69 Å². The number of hydrogen-bond donors (Lipinski definition) is 2. The van der Waals surface area contributed by atoms with Crippen molar-refractivity contribution in [2.45, 2.75) is 30.6 Å². The van der Waals surface area contributed by atoms with Crippen molar-refractivity contribution >= 4 is 55.6 Å². The molecule has 0 saturated carbocycles. The van der Waals surface area contributed by atoms with Crippen LogP contribution in [0.15, 0.2) is 46.7 Å². The normalized spacial score (nSPS) is 15.6. The predicted molar refractivity (Wildman–Crippen MR) is 131 cm³/mol. The van der Waals surface area contributed by atoms with Gasteiger partial charge in [-0.15, -0.1) is 11.3 Å². The van der Waals surface area contributed by atoms with E-state index in [1.165, 1.54) is 21.7 Å². The maximum atomic E-state index is 13.0. The van der Waals surface area contributed by atoms with Gasteiger partial charge in [-0.3, -0.25) is 4.79 Å². The van der Waals surface area contributed by atoms with E-state index in [0.29, 0.717) is 53.4 Å². The Balaban J connectivity index is 1.23. The zero-order valence-corrected chi connectivity index (χ0v) is 20.5. The maximum absolute atomic E-state index is 13.0. The Kier molecular flexibility index (Phi) is 6.11. The number of piperidine rings is 1. The molecule has 2 aromatic carbocycles. The molecule has 0 spiro atoms. The number of rotatable bonds is 5. The van der Waals surface area contributed by atoms with Crippen molar-refractivity contribution in [2.75, 3.05) is 18.4 Å². The van der Waals surface area contributed by atoms with E-state index in [0.717, 1.165) is 10.6 Å². The second-order valence-corrected chi connectivity index (χ2v) is 11.4. The molecule has 1 fully saturated rings. The molecular weight excluding hydrogens is 496 g/mol. The van der Waals surface area contributed by atoms with Gasteiger partial charge in [-0.25, -0.2) is 13.4 Å². The molecule has 1 aliphatic rings. The maximum Gasteiger partial charge on any atom is 0.275 e. The van der Waals surface area contributed by atoms with Crippen LogP contribution in [0.25, 0.3) is 11.0 Å². The fourth-order valence-electron chi connectivity index (χ4n) is 3.92. The lowest BCUT2D eigenvalue weighted by molar-refractivity contribution is 0.102. The molecule has 12 heteroatoms. The fraction of sp³-hybridized carbons (Fsp3) is 0.273. The first-order valence-electron chi connectivity index (χ1n) is 10.6. The van der Waals surface area contributed by atoms with Crippen molar-refractivity contribution in [3.05, 3.63) is 63.1 Å². The Labute approximate surface area is 205 Å². The number of sulfonamides is 1. The smallest absolute Gasteiger partial charge is 0.275 e. The Morgan fingerprint density at radius 3 is 2.68 bits per heavy atom. The molecular formula is C22H21ClN6O3S2. The van der Waals surface area contributed by atoms with Gasteiger partial charge in [0.15, 0.2) is 0 Å². The number of H-pyrrole nitrogens is 1. The molecule has 1 aliphatic heterocycles. The van der Waals surface area contributed by atoms with Crippen LogP contribution >= 0.6 is 22.9 Å². The number of aromatic nitrogens is 4. The van der Waals surface area contributed by atoms with Crippen molar-refractivity contribution < 1.29 is 13.2 Å². The zero-order chi connectivity index (χ0) is 23.9. The fourth-order valence-corrected chi connectivity index (χ4v) is 6.63. The Hall–Kier alpha value is -2.86. The van der Waals surface area contributed by atoms with Gasteiger partial charge in [-0.1, -0.05) is 17.7 Å². The third kappa shape index (κ3) is 4.43. The summed E-state index contributed by atoms with van der Waals surface area (Å²) in [6.07, 6.45) is 1.27. The number of nitrogens with one attached hydrogen (secondary N) is 2. The van der Waals surface area contributed by atoms with E-state index in [1.54, 1.807) is 35.7 Å². The molecule has 0 aliphatic carbocycles. The number of carbonyl (C=O) groups excluding carboxylic acids is 1. The molecule has 0 atom stereocenters. The molecule has 0 radical (unpaired) electrons. The average molecular weight is 517 g/mol. The van der Waals surface area contributed by atoms with E-state index in [4.69, 9.17) is 11.6 Å². The second-order valence-electron chi connectivity index (χ2n) is 8.14. The minimum Gasteiger partial charge on any atom is -0.321 e. The van der Waals surface area contributed by atoms with Crippen molar-refractivity contribution in [2.24, 2.45) is 0 Å². The molecule has 2 N–H and O–H groups in total. The number of nitrogens with zero attached hydrogens (tertiary/aromatic N) is 4. The number of anilines is 1. The third-order valence-corrected chi connectivity index (χ3v) is 9.22. The SMILES string of the molecule is Cc1ccc(S(=O)(=O)N2CCC(c3nc(C(=O)Nc4ccc5n[nH]nc5c4)cs3)CC2)cc1Cl. The molecule has 4 aromatic rings. The number of thiazole rings is 1. The Morgan fingerprint density at radius 1 is 1.15 bits per heavy atom. The molecule has 1 amide bonds. The van der Waals surface area contributed by atoms with E-state index in [1.807, 2.05) is 6.92 Å². The number of hydrogen-bond acceptors (Lipinski definition) is 7. The first kappa shape index (κ1) is 22.9. The quantitative estimate of drug-likeness (QED) is 0.410. The minimum absolute atomic E-state index is 0.103. The van der Waals surface area contributed by atoms with Crippen LogP contribution in [-0.4, -0.2) is 52.1 Å². The first-order valence-corrected chi connectivity index (χ1v) is 13.3. The largest absolute Gasteiger partial charge is 0.321 e. The summed E-state index contributed by atoms with van der Waals surface area (Å²) < 4.78 is 27.5. The Morgan fingerprint density at radius 2 is 1.91 bits per heavy atom. The van der Waals surface area contributed by atoms with Crippen molar-refractivity contribution in [1.82, 2.24) is 24.7 Å². The van der Waals surface area contributed by atoms with Crippen LogP contribution in [-0.2, 0) is 10.0 Å². The lowest BCUT2D eigenvalue weighted by atomic mass is 9.99. The Bertz CT molecular complexity index is 1470. The van der Waals surface area contributed by atoms with Crippen LogP contribution in [0.2, 0.25) is 5.02 Å². The van der Waals surface area contributed by atoms with Gasteiger partial charge in [0.25, 0.3) is 5.91 Å². The molecule has 34 heavy (non-hydrogen) atoms. The molecule has 3 heterocycles. The second kappa shape index (κ2) is 9.06. The summed E-state index contributed by atoms with van der Waals surface area (Å²) >= 11 is 7.55. The zero-order valence-electron chi connectivity index (χ0n) is 18.2. The lowest BCUT2D eigenvalue weighted by Crippen LogP contribution is -2.37. The molecule has 2 aromatic heterocycles. The number of amides is 1. The molecule has 0 unspecified atom stereocenters. The van der Waals surface area contributed by atoms with Gasteiger partial charge in [0.1, 0.15) is 16.7 Å². The van der Waals surface area contributed by atoms with E-state index < -0.39 is 10.0 Å². The van der Waals surface area contributed by atoms with E-state index in [-0.39, 0.29) is 16.7 Å². The van der Waals surface area contributed by atoms with Crippen molar-refractivity contribution in [3.8, 4) is 0 Å². The summed E-state index contributed by atoms with van der Waals surface area (Å²) in [6, 6.07) is 10.1. The third-order valence-electron chi connectivity index (χ3n) is 5.91. The highest BCUT2D eigenvalue weighted by Gasteiger charge is 2.31. The van der Waals surface area contributed by atoms with Gasteiger partial charge in [-0.2, -0.15) is 19.7 Å². The highest BCUT2D eigenvalue weighted by molar-refractivity contribution is 7.89. The van der Waals surface area contributed by atoms with Crippen LogP contribution in [0.3, 0.4) is 0 Å². The monoisotopic (exact) mass is 516 g/mol.